The first-order valence-electron chi connectivity index (χ1n) is 7.98. The van der Waals surface area contributed by atoms with Gasteiger partial charge in [-0.2, -0.15) is 5.10 Å². The van der Waals surface area contributed by atoms with Crippen LogP contribution in [0.1, 0.15) is 41.8 Å². The second-order valence-electron chi connectivity index (χ2n) is 7.09. The summed E-state index contributed by atoms with van der Waals surface area (Å²) >= 11 is 0. The molecule has 7 nitrogen and oxygen atoms in total. The van der Waals surface area contributed by atoms with Gasteiger partial charge in [-0.25, -0.2) is 14.5 Å². The molecule has 124 valence electrons. The van der Waals surface area contributed by atoms with Crippen molar-refractivity contribution >= 4 is 11.6 Å². The van der Waals surface area contributed by atoms with Crippen molar-refractivity contribution in [3.63, 3.8) is 0 Å². The van der Waals surface area contributed by atoms with Crippen LogP contribution in [0.25, 0.3) is 5.65 Å². The fraction of sp³-hybridized carbons (Fsp3) is 0.412. The fourth-order valence-corrected chi connectivity index (χ4v) is 3.55. The number of hydrogen-bond acceptors (Lipinski definition) is 4. The first-order valence-corrected chi connectivity index (χ1v) is 7.98. The summed E-state index contributed by atoms with van der Waals surface area (Å²) in [5.74, 6) is 0.884. The summed E-state index contributed by atoms with van der Waals surface area (Å²) in [5, 5.41) is 4.18. The molecule has 1 amide bonds. The Kier molecular flexibility index (Phi) is 3.03. The average Bonchev–Trinajstić information content (AvgIpc) is 3.13. The molecule has 1 saturated heterocycles. The van der Waals surface area contributed by atoms with Crippen molar-refractivity contribution in [1.82, 2.24) is 29.0 Å². The third kappa shape index (κ3) is 2.04. The molecule has 0 bridgehead atoms. The average molecular weight is 324 g/mol. The summed E-state index contributed by atoms with van der Waals surface area (Å²) in [6.07, 6.45) is 7.13. The normalized spacial score (nSPS) is 19.5. The van der Waals surface area contributed by atoms with Crippen molar-refractivity contribution in [3.05, 3.63) is 47.9 Å². The van der Waals surface area contributed by atoms with Crippen molar-refractivity contribution in [3.8, 4) is 0 Å². The van der Waals surface area contributed by atoms with Gasteiger partial charge < -0.3 is 9.47 Å². The van der Waals surface area contributed by atoms with Gasteiger partial charge in [0.1, 0.15) is 5.82 Å². The third-order valence-corrected chi connectivity index (χ3v) is 4.80. The van der Waals surface area contributed by atoms with Crippen molar-refractivity contribution in [2.75, 3.05) is 6.54 Å². The van der Waals surface area contributed by atoms with E-state index in [1.54, 1.807) is 23.1 Å². The van der Waals surface area contributed by atoms with Crippen LogP contribution >= 0.6 is 0 Å². The lowest BCUT2D eigenvalue weighted by atomic mass is 9.74. The zero-order valence-corrected chi connectivity index (χ0v) is 14.3. The molecule has 7 heteroatoms. The quantitative estimate of drug-likeness (QED) is 0.723. The molecule has 1 aliphatic rings. The van der Waals surface area contributed by atoms with Gasteiger partial charge in [0.25, 0.3) is 5.91 Å². The molecule has 1 unspecified atom stereocenters. The molecule has 24 heavy (non-hydrogen) atoms. The Labute approximate surface area is 139 Å². The predicted octanol–water partition coefficient (Wildman–Crippen LogP) is 1.99. The van der Waals surface area contributed by atoms with Crippen molar-refractivity contribution in [1.29, 1.82) is 0 Å². The minimum Gasteiger partial charge on any atom is -0.336 e. The topological polar surface area (TPSA) is 68.3 Å². The van der Waals surface area contributed by atoms with Crippen molar-refractivity contribution < 1.29 is 4.79 Å². The zero-order valence-electron chi connectivity index (χ0n) is 14.3. The van der Waals surface area contributed by atoms with Crippen LogP contribution in [0.5, 0.6) is 0 Å². The van der Waals surface area contributed by atoms with Crippen LogP contribution in [-0.2, 0) is 7.05 Å². The van der Waals surface area contributed by atoms with Gasteiger partial charge >= 0.3 is 0 Å². The second kappa shape index (κ2) is 4.90. The molecule has 3 aromatic heterocycles. The highest BCUT2D eigenvalue weighted by atomic mass is 16.2. The van der Waals surface area contributed by atoms with E-state index in [9.17, 15) is 4.79 Å². The van der Waals surface area contributed by atoms with Crippen molar-refractivity contribution in [2.24, 2.45) is 12.5 Å². The summed E-state index contributed by atoms with van der Waals surface area (Å²) in [4.78, 5) is 23.9. The smallest absolute Gasteiger partial charge is 0.257 e. The molecule has 1 aliphatic heterocycles. The highest BCUT2D eigenvalue weighted by molar-refractivity contribution is 5.96. The van der Waals surface area contributed by atoms with Crippen LogP contribution in [-0.4, -0.2) is 41.5 Å². The molecule has 0 radical (unpaired) electrons. The van der Waals surface area contributed by atoms with E-state index in [0.717, 1.165) is 17.2 Å². The van der Waals surface area contributed by atoms with Gasteiger partial charge in [-0.3, -0.25) is 4.79 Å². The number of likely N-dealkylation sites (tertiary alicyclic amines) is 1. The molecular weight excluding hydrogens is 304 g/mol. The van der Waals surface area contributed by atoms with E-state index in [4.69, 9.17) is 0 Å². The summed E-state index contributed by atoms with van der Waals surface area (Å²) < 4.78 is 3.62. The Balaban J connectivity index is 1.73. The van der Waals surface area contributed by atoms with E-state index < -0.39 is 0 Å². The molecule has 0 N–H and O–H groups in total. The Morgan fingerprint density at radius 2 is 2.12 bits per heavy atom. The van der Waals surface area contributed by atoms with Gasteiger partial charge in [0, 0.05) is 43.7 Å². The number of hydrogen-bond donors (Lipinski definition) is 0. The SMILES string of the molecule is Cc1nc2ccnn2cc1C(=O)N1CC(C)(C)C1c1nccn1C. The largest absolute Gasteiger partial charge is 0.336 e. The number of carbonyl (C=O) groups excluding carboxylic acids is 1. The van der Waals surface area contributed by atoms with Gasteiger partial charge in [-0.05, 0) is 6.92 Å². The third-order valence-electron chi connectivity index (χ3n) is 4.80. The van der Waals surface area contributed by atoms with E-state index in [1.807, 2.05) is 35.7 Å². The monoisotopic (exact) mass is 324 g/mol. The lowest BCUT2D eigenvalue weighted by molar-refractivity contribution is -0.0376. The lowest BCUT2D eigenvalue weighted by Crippen LogP contribution is -2.58. The van der Waals surface area contributed by atoms with Crippen LogP contribution < -0.4 is 0 Å². The molecule has 0 aliphatic carbocycles. The second-order valence-corrected chi connectivity index (χ2v) is 7.09. The number of carbonyl (C=O) groups is 1. The summed E-state index contributed by atoms with van der Waals surface area (Å²) in [6, 6.07) is 1.78. The maximum Gasteiger partial charge on any atom is 0.257 e. The van der Waals surface area contributed by atoms with E-state index >= 15 is 0 Å². The standard InChI is InChI=1S/C17H20N6O/c1-11-12(9-23-13(20-11)5-6-19-23)16(24)22-10-17(2,3)14(22)15-18-7-8-21(15)4/h5-9,14H,10H2,1-4H3. The molecule has 1 fully saturated rings. The molecule has 1 atom stereocenters. The van der Waals surface area contributed by atoms with Crippen LogP contribution in [0.3, 0.4) is 0 Å². The highest BCUT2D eigenvalue weighted by Gasteiger charge is 2.51. The molecule has 4 heterocycles. The Bertz CT molecular complexity index is 938. The first-order chi connectivity index (χ1) is 11.4. The van der Waals surface area contributed by atoms with E-state index in [2.05, 4.69) is 28.9 Å². The van der Waals surface area contributed by atoms with Crippen LogP contribution in [0.15, 0.2) is 30.9 Å². The van der Waals surface area contributed by atoms with Gasteiger partial charge in [0.15, 0.2) is 5.65 Å². The predicted molar refractivity (Wildman–Crippen MR) is 88.5 cm³/mol. The maximum atomic E-state index is 13.1. The minimum atomic E-state index is -0.0438. The number of rotatable bonds is 2. The molecule has 4 rings (SSSR count). The summed E-state index contributed by atoms with van der Waals surface area (Å²) in [6.45, 7) is 6.89. The van der Waals surface area contributed by atoms with Gasteiger partial charge in [0.2, 0.25) is 0 Å². The van der Waals surface area contributed by atoms with Gasteiger partial charge in [0.05, 0.1) is 23.5 Å². The van der Waals surface area contributed by atoms with Crippen LogP contribution in [0, 0.1) is 12.3 Å². The number of aromatic nitrogens is 5. The van der Waals surface area contributed by atoms with E-state index in [1.165, 1.54) is 0 Å². The number of nitrogens with zero attached hydrogens (tertiary/aromatic N) is 6. The molecule has 0 aromatic carbocycles. The number of imidazole rings is 1. The van der Waals surface area contributed by atoms with Crippen LogP contribution in [0.2, 0.25) is 0 Å². The highest BCUT2D eigenvalue weighted by Crippen LogP contribution is 2.48. The molecule has 3 aromatic rings. The van der Waals surface area contributed by atoms with Crippen LogP contribution in [0.4, 0.5) is 0 Å². The first kappa shape index (κ1) is 14.9. The van der Waals surface area contributed by atoms with E-state index in [0.29, 0.717) is 12.1 Å². The molecular formula is C17H20N6O. The Hall–Kier alpha value is -2.70. The van der Waals surface area contributed by atoms with Gasteiger partial charge in [-0.15, -0.1) is 0 Å². The number of amides is 1. The molecule has 0 saturated carbocycles. The Morgan fingerprint density at radius 1 is 1.33 bits per heavy atom. The summed E-state index contributed by atoms with van der Waals surface area (Å²) in [5.41, 5.74) is 2.04. The minimum absolute atomic E-state index is 0.00803. The zero-order chi connectivity index (χ0) is 17.1. The lowest BCUT2D eigenvalue weighted by Gasteiger charge is -2.53. The Morgan fingerprint density at radius 3 is 2.79 bits per heavy atom. The fourth-order valence-electron chi connectivity index (χ4n) is 3.55. The van der Waals surface area contributed by atoms with Crippen molar-refractivity contribution in [2.45, 2.75) is 26.8 Å². The maximum absolute atomic E-state index is 13.1. The van der Waals surface area contributed by atoms with E-state index in [-0.39, 0.29) is 17.4 Å². The van der Waals surface area contributed by atoms with Gasteiger partial charge in [-0.1, -0.05) is 13.8 Å². The molecule has 0 spiro atoms. The number of fused-ring (bicyclic) bond motifs is 1. The number of aryl methyl sites for hydroxylation is 2. The summed E-state index contributed by atoms with van der Waals surface area (Å²) in [7, 11) is 1.96.